The van der Waals surface area contributed by atoms with Crippen molar-refractivity contribution in [2.45, 2.75) is 85.2 Å². The molecule has 2 amide bonds. The number of amides is 2. The summed E-state index contributed by atoms with van der Waals surface area (Å²) in [5.74, 6) is 1.60. The maximum atomic E-state index is 12.3. The molecule has 0 unspecified atom stereocenters. The normalized spacial score (nSPS) is 13.0. The third-order valence-electron chi connectivity index (χ3n) is 8.01. The summed E-state index contributed by atoms with van der Waals surface area (Å²) in [5, 5.41) is 12.2. The third kappa shape index (κ3) is 12.7. The molecule has 11 nitrogen and oxygen atoms in total. The molecule has 3 aromatic rings. The number of ether oxygens (including phenoxy) is 2. The number of hydrazone groups is 1. The molecular weight excluding hydrogens is 618 g/mol. The molecule has 0 aliphatic carbocycles. The molecule has 11 heteroatoms. The van der Waals surface area contributed by atoms with Crippen LogP contribution < -0.4 is 26.4 Å². The average molecular weight is 672 g/mol. The Hall–Kier alpha value is -4.64. The van der Waals surface area contributed by atoms with Crippen LogP contribution in [0, 0.1) is 5.41 Å². The van der Waals surface area contributed by atoms with Crippen LogP contribution in [0.5, 0.6) is 5.88 Å². The predicted octanol–water partition coefficient (Wildman–Crippen LogP) is 6.83. The van der Waals surface area contributed by atoms with Crippen molar-refractivity contribution in [3.05, 3.63) is 72.8 Å². The summed E-state index contributed by atoms with van der Waals surface area (Å²) in [6, 6.07) is 24.6. The Morgan fingerprint density at radius 1 is 0.796 bits per heavy atom. The fraction of sp³-hybridized carbons (Fsp3) is 0.474. The Morgan fingerprint density at radius 2 is 1.49 bits per heavy atom. The number of rotatable bonds is 18. The van der Waals surface area contributed by atoms with Crippen LogP contribution in [-0.2, 0) is 9.53 Å². The molecule has 1 aliphatic heterocycles. The number of unbranched alkanes of at least 4 members (excludes halogenated alkanes) is 2. The van der Waals surface area contributed by atoms with Crippen molar-refractivity contribution in [3.8, 4) is 28.3 Å². The first-order chi connectivity index (χ1) is 23.5. The number of aromatic nitrogens is 1. The van der Waals surface area contributed by atoms with Gasteiger partial charge in [-0.15, -0.1) is 10.6 Å². The first-order valence-electron chi connectivity index (χ1n) is 17.4. The number of hydrazine groups is 2. The number of carbonyl (C=O) groups is 2. The minimum absolute atomic E-state index is 0.0134. The fourth-order valence-electron chi connectivity index (χ4n) is 5.49. The van der Waals surface area contributed by atoms with Gasteiger partial charge in [0.25, 0.3) is 0 Å². The predicted molar refractivity (Wildman–Crippen MR) is 194 cm³/mol. The molecular formula is C38H53N7O4. The second-order valence-electron chi connectivity index (χ2n) is 13.9. The van der Waals surface area contributed by atoms with E-state index < -0.39 is 11.7 Å². The number of hydrogen-bond donors (Lipinski definition) is 4. The fourth-order valence-corrected chi connectivity index (χ4v) is 5.49. The number of alkyl carbamates (subject to hydrolysis) is 1. The lowest BCUT2D eigenvalue weighted by atomic mass is 9.85. The van der Waals surface area contributed by atoms with Crippen LogP contribution in [0.3, 0.4) is 0 Å². The van der Waals surface area contributed by atoms with E-state index in [9.17, 15) is 9.59 Å². The van der Waals surface area contributed by atoms with E-state index in [4.69, 9.17) is 14.5 Å². The Balaban J connectivity index is 1.15. The molecule has 0 saturated carbocycles. The second-order valence-corrected chi connectivity index (χ2v) is 13.9. The van der Waals surface area contributed by atoms with Crippen molar-refractivity contribution in [2.75, 3.05) is 26.2 Å². The molecule has 0 bridgehead atoms. The van der Waals surface area contributed by atoms with E-state index in [1.54, 1.807) is 0 Å². The number of carbonyl (C=O) groups excluding carboxylic acids is 2. The van der Waals surface area contributed by atoms with Crippen LogP contribution in [0.1, 0.15) is 79.6 Å². The van der Waals surface area contributed by atoms with Gasteiger partial charge in [0.15, 0.2) is 0 Å². The molecule has 4 N–H and O–H groups in total. The van der Waals surface area contributed by atoms with Gasteiger partial charge < -0.3 is 20.1 Å². The van der Waals surface area contributed by atoms with Crippen LogP contribution in [-0.4, -0.2) is 59.7 Å². The number of amidine groups is 1. The quantitative estimate of drug-likeness (QED) is 0.108. The Bertz CT molecular complexity index is 1450. The number of benzene rings is 2. The van der Waals surface area contributed by atoms with E-state index in [0.717, 1.165) is 66.9 Å². The zero-order valence-corrected chi connectivity index (χ0v) is 29.7. The minimum atomic E-state index is -0.527. The Labute approximate surface area is 291 Å². The van der Waals surface area contributed by atoms with Gasteiger partial charge >= 0.3 is 6.09 Å². The van der Waals surface area contributed by atoms with Gasteiger partial charge in [-0.05, 0) is 76.5 Å². The molecule has 2 aromatic carbocycles. The van der Waals surface area contributed by atoms with Crippen LogP contribution in [0.4, 0.5) is 4.79 Å². The SMILES string of the molecule is CC(C)(C)OC(=O)NCCCNC(=O)CCCCN1NNN=C1C(C)(C)CCCCOc1cc(-c2ccccc2)cc(-c2ccccc2)n1. The number of nitrogens with zero attached hydrogens (tertiary/aromatic N) is 3. The monoisotopic (exact) mass is 671 g/mol. The van der Waals surface area contributed by atoms with E-state index in [0.29, 0.717) is 38.4 Å². The third-order valence-corrected chi connectivity index (χ3v) is 8.01. The van der Waals surface area contributed by atoms with Gasteiger partial charge in [0.1, 0.15) is 11.4 Å². The van der Waals surface area contributed by atoms with E-state index in [1.165, 1.54) is 0 Å². The second kappa shape index (κ2) is 18.2. The maximum absolute atomic E-state index is 12.3. The summed E-state index contributed by atoms with van der Waals surface area (Å²) in [7, 11) is 0. The summed E-state index contributed by atoms with van der Waals surface area (Å²) in [6.45, 7) is 12.1. The van der Waals surface area contributed by atoms with Crippen molar-refractivity contribution >= 4 is 17.8 Å². The zero-order valence-electron chi connectivity index (χ0n) is 29.7. The first-order valence-corrected chi connectivity index (χ1v) is 17.4. The standard InChI is InChI=1S/C38H53N7O4/c1-37(2,3)49-36(47)40-24-16-23-39-33(46)21-12-14-25-45-35(42-43-44-45)38(4,5)22-13-15-26-48-34-28-31(29-17-8-6-9-18-29)27-32(41-34)30-19-10-7-11-20-30/h6-11,17-20,27-28,43-44H,12-16,21-26H2,1-5H3,(H,39,46)(H,40,47). The Morgan fingerprint density at radius 3 is 2.20 bits per heavy atom. The Kier molecular flexibility index (Phi) is 13.8. The largest absolute Gasteiger partial charge is 0.478 e. The number of nitrogens with one attached hydrogen (secondary N) is 4. The van der Waals surface area contributed by atoms with Crippen molar-refractivity contribution < 1.29 is 19.1 Å². The minimum Gasteiger partial charge on any atom is -0.478 e. The lowest BCUT2D eigenvalue weighted by Crippen LogP contribution is -2.46. The molecule has 4 rings (SSSR count). The summed E-state index contributed by atoms with van der Waals surface area (Å²) < 4.78 is 11.4. The summed E-state index contributed by atoms with van der Waals surface area (Å²) in [4.78, 5) is 28.8. The van der Waals surface area contributed by atoms with Crippen molar-refractivity contribution in [2.24, 2.45) is 10.5 Å². The molecule has 1 aromatic heterocycles. The molecule has 264 valence electrons. The molecule has 0 atom stereocenters. The summed E-state index contributed by atoms with van der Waals surface area (Å²) in [6.07, 6.45) is 5.05. The van der Waals surface area contributed by atoms with Gasteiger partial charge in [0, 0.05) is 43.1 Å². The number of pyridine rings is 1. The van der Waals surface area contributed by atoms with E-state index in [2.05, 4.69) is 71.0 Å². The van der Waals surface area contributed by atoms with Gasteiger partial charge in [-0.1, -0.05) is 74.5 Å². The molecule has 0 saturated heterocycles. The first kappa shape index (κ1) is 37.2. The smallest absolute Gasteiger partial charge is 0.407 e. The van der Waals surface area contributed by atoms with Crippen molar-refractivity contribution in [3.63, 3.8) is 0 Å². The van der Waals surface area contributed by atoms with Gasteiger partial charge in [-0.3, -0.25) is 9.80 Å². The van der Waals surface area contributed by atoms with Crippen LogP contribution >= 0.6 is 0 Å². The van der Waals surface area contributed by atoms with Crippen molar-refractivity contribution in [1.29, 1.82) is 0 Å². The lowest BCUT2D eigenvalue weighted by Gasteiger charge is -2.30. The molecule has 0 fully saturated rings. The summed E-state index contributed by atoms with van der Waals surface area (Å²) in [5.41, 5.74) is 9.51. The average Bonchev–Trinajstić information content (AvgIpc) is 3.56. The van der Waals surface area contributed by atoms with Crippen molar-refractivity contribution in [1.82, 2.24) is 31.7 Å². The number of hydrogen-bond acceptors (Lipinski definition) is 9. The van der Waals surface area contributed by atoms with E-state index in [-0.39, 0.29) is 11.3 Å². The van der Waals surface area contributed by atoms with E-state index >= 15 is 0 Å². The molecule has 0 spiro atoms. The van der Waals surface area contributed by atoms with Crippen LogP contribution in [0.15, 0.2) is 77.9 Å². The van der Waals surface area contributed by atoms with E-state index in [1.807, 2.05) is 68.2 Å². The molecule has 2 heterocycles. The summed E-state index contributed by atoms with van der Waals surface area (Å²) >= 11 is 0. The lowest BCUT2D eigenvalue weighted by molar-refractivity contribution is -0.121. The van der Waals surface area contributed by atoms with Gasteiger partial charge in [-0.2, -0.15) is 0 Å². The van der Waals surface area contributed by atoms with Gasteiger partial charge in [-0.25, -0.2) is 15.3 Å². The van der Waals surface area contributed by atoms with Gasteiger partial charge in [0.2, 0.25) is 11.8 Å². The van der Waals surface area contributed by atoms with Crippen LogP contribution in [0.25, 0.3) is 22.4 Å². The van der Waals surface area contributed by atoms with Gasteiger partial charge in [0.05, 0.1) is 12.3 Å². The molecule has 1 aliphatic rings. The molecule has 49 heavy (non-hydrogen) atoms. The highest BCUT2D eigenvalue weighted by molar-refractivity contribution is 5.87. The van der Waals surface area contributed by atoms with Crippen LogP contribution in [0.2, 0.25) is 0 Å². The highest BCUT2D eigenvalue weighted by Crippen LogP contribution is 2.30. The maximum Gasteiger partial charge on any atom is 0.407 e. The zero-order chi connectivity index (χ0) is 35.1. The molecule has 0 radical (unpaired) electrons. The highest BCUT2D eigenvalue weighted by atomic mass is 16.6. The highest BCUT2D eigenvalue weighted by Gasteiger charge is 2.32. The topological polar surface area (TPSA) is 129 Å².